The van der Waals surface area contributed by atoms with Crippen LogP contribution in [0.3, 0.4) is 0 Å². The van der Waals surface area contributed by atoms with Gasteiger partial charge in [-0.15, -0.1) is 0 Å². The quantitative estimate of drug-likeness (QED) is 0.610. The monoisotopic (exact) mass is 402 g/mol. The molecule has 0 aliphatic rings. The lowest BCUT2D eigenvalue weighted by Gasteiger charge is -2.30. The molecule has 2 aromatic rings. The third-order valence-electron chi connectivity index (χ3n) is 4.45. The number of benzene rings is 2. The van der Waals surface area contributed by atoms with Gasteiger partial charge in [-0.25, -0.2) is 0 Å². The average molecular weight is 403 g/mol. The molecule has 0 aliphatic heterocycles. The highest BCUT2D eigenvalue weighted by Gasteiger charge is 2.27. The van der Waals surface area contributed by atoms with Crippen molar-refractivity contribution in [2.24, 2.45) is 0 Å². The fourth-order valence-corrected chi connectivity index (χ4v) is 3.08. The number of halogens is 1. The number of nitrogens with one attached hydrogen (secondary N) is 1. The van der Waals surface area contributed by atoms with Crippen LogP contribution in [0.15, 0.2) is 54.6 Å². The number of carbonyl (C=O) groups is 2. The van der Waals surface area contributed by atoms with Gasteiger partial charge < -0.3 is 15.0 Å². The lowest BCUT2D eigenvalue weighted by molar-refractivity contribution is -0.141. The summed E-state index contributed by atoms with van der Waals surface area (Å²) in [5.41, 5.74) is 0.996. The Hall–Kier alpha value is -2.53. The molecule has 1 atom stereocenters. The Morgan fingerprint density at radius 3 is 2.39 bits per heavy atom. The van der Waals surface area contributed by atoms with E-state index in [4.69, 9.17) is 16.3 Å². The van der Waals surface area contributed by atoms with E-state index in [1.807, 2.05) is 37.3 Å². The zero-order valence-electron chi connectivity index (χ0n) is 16.4. The maximum absolute atomic E-state index is 12.9. The van der Waals surface area contributed by atoms with E-state index < -0.39 is 6.04 Å². The summed E-state index contributed by atoms with van der Waals surface area (Å²) in [7, 11) is 1.59. The molecule has 2 amide bonds. The van der Waals surface area contributed by atoms with E-state index in [0.29, 0.717) is 37.4 Å². The van der Waals surface area contributed by atoms with Gasteiger partial charge in [0.1, 0.15) is 11.8 Å². The molecule has 1 N–H and O–H groups in total. The van der Waals surface area contributed by atoms with Crippen molar-refractivity contribution in [3.05, 3.63) is 65.2 Å². The van der Waals surface area contributed by atoms with Crippen molar-refractivity contribution in [1.82, 2.24) is 10.2 Å². The summed E-state index contributed by atoms with van der Waals surface area (Å²) in [6, 6.07) is 16.3. The highest BCUT2D eigenvalue weighted by atomic mass is 35.5. The molecule has 0 heterocycles. The minimum atomic E-state index is -0.491. The van der Waals surface area contributed by atoms with Gasteiger partial charge in [0.05, 0.1) is 6.61 Å². The summed E-state index contributed by atoms with van der Waals surface area (Å²) in [4.78, 5) is 26.8. The molecule has 0 saturated carbocycles. The number of amides is 2. The van der Waals surface area contributed by atoms with Crippen LogP contribution in [0.25, 0.3) is 0 Å². The first-order valence-electron chi connectivity index (χ1n) is 9.48. The number of nitrogens with zero attached hydrogens (tertiary/aromatic N) is 1. The minimum absolute atomic E-state index is 0.0565. The smallest absolute Gasteiger partial charge is 0.242 e. The second-order valence-electron chi connectivity index (χ2n) is 6.45. The fourth-order valence-electron chi connectivity index (χ4n) is 2.95. The van der Waals surface area contributed by atoms with Gasteiger partial charge in [-0.2, -0.15) is 0 Å². The molecule has 5 nitrogen and oxygen atoms in total. The Kier molecular flexibility index (Phi) is 8.82. The Balaban J connectivity index is 1.97. The van der Waals surface area contributed by atoms with E-state index in [-0.39, 0.29) is 11.8 Å². The van der Waals surface area contributed by atoms with Crippen molar-refractivity contribution in [1.29, 1.82) is 0 Å². The first-order chi connectivity index (χ1) is 13.5. The maximum Gasteiger partial charge on any atom is 0.242 e. The molecular formula is C22H27ClN2O3. The first kappa shape index (κ1) is 21.8. The molecular weight excluding hydrogens is 376 g/mol. The molecule has 0 spiro atoms. The third-order valence-corrected chi connectivity index (χ3v) is 4.70. The highest BCUT2D eigenvalue weighted by molar-refractivity contribution is 6.30. The van der Waals surface area contributed by atoms with Crippen LogP contribution in [0.5, 0.6) is 5.75 Å². The van der Waals surface area contributed by atoms with E-state index in [1.54, 1.807) is 36.2 Å². The molecule has 0 radical (unpaired) electrons. The molecule has 2 aromatic carbocycles. The normalized spacial score (nSPS) is 11.5. The average Bonchev–Trinajstić information content (AvgIpc) is 2.72. The summed E-state index contributed by atoms with van der Waals surface area (Å²) in [5.74, 6) is 0.512. The van der Waals surface area contributed by atoms with Crippen LogP contribution < -0.4 is 10.1 Å². The van der Waals surface area contributed by atoms with Crippen LogP contribution in [0.1, 0.15) is 31.7 Å². The van der Waals surface area contributed by atoms with Crippen LogP contribution in [0.4, 0.5) is 0 Å². The van der Waals surface area contributed by atoms with Gasteiger partial charge in [0, 0.05) is 25.0 Å². The number of carbonyl (C=O) groups excluding carboxylic acids is 2. The van der Waals surface area contributed by atoms with Gasteiger partial charge in [-0.3, -0.25) is 9.59 Å². The predicted octanol–water partition coefficient (Wildman–Crippen LogP) is 4.05. The van der Waals surface area contributed by atoms with E-state index in [2.05, 4.69) is 5.32 Å². The maximum atomic E-state index is 12.9. The van der Waals surface area contributed by atoms with Crippen molar-refractivity contribution in [2.75, 3.05) is 13.7 Å². The number of hydrogen-bond acceptors (Lipinski definition) is 3. The molecule has 2 rings (SSSR count). The summed E-state index contributed by atoms with van der Waals surface area (Å²) in [6.07, 6.45) is 1.43. The molecule has 6 heteroatoms. The molecule has 0 bridgehead atoms. The zero-order valence-corrected chi connectivity index (χ0v) is 17.1. The van der Waals surface area contributed by atoms with E-state index in [1.165, 1.54) is 0 Å². The largest absolute Gasteiger partial charge is 0.494 e. The van der Waals surface area contributed by atoms with Crippen molar-refractivity contribution >= 4 is 23.4 Å². The summed E-state index contributed by atoms with van der Waals surface area (Å²) in [6.45, 7) is 2.74. The Labute approximate surface area is 171 Å². The summed E-state index contributed by atoms with van der Waals surface area (Å²) >= 11 is 5.86. The summed E-state index contributed by atoms with van der Waals surface area (Å²) < 4.78 is 5.66. The van der Waals surface area contributed by atoms with Crippen molar-refractivity contribution in [3.8, 4) is 5.75 Å². The second kappa shape index (κ2) is 11.3. The zero-order chi connectivity index (χ0) is 20.4. The summed E-state index contributed by atoms with van der Waals surface area (Å²) in [5, 5.41) is 3.31. The van der Waals surface area contributed by atoms with Gasteiger partial charge >= 0.3 is 0 Å². The number of hydrogen-bond donors (Lipinski definition) is 1. The van der Waals surface area contributed by atoms with E-state index in [0.717, 1.165) is 11.3 Å². The van der Waals surface area contributed by atoms with Gasteiger partial charge in [-0.05, 0) is 42.7 Å². The van der Waals surface area contributed by atoms with Gasteiger partial charge in [-0.1, -0.05) is 48.9 Å². The van der Waals surface area contributed by atoms with Crippen molar-refractivity contribution < 1.29 is 14.3 Å². The molecule has 0 saturated heterocycles. The highest BCUT2D eigenvalue weighted by Crippen LogP contribution is 2.17. The van der Waals surface area contributed by atoms with Crippen LogP contribution in [-0.4, -0.2) is 36.4 Å². The Morgan fingerprint density at radius 2 is 1.79 bits per heavy atom. The number of rotatable bonds is 10. The Bertz CT molecular complexity index is 750. The first-order valence-corrected chi connectivity index (χ1v) is 9.86. The van der Waals surface area contributed by atoms with Crippen LogP contribution in [0.2, 0.25) is 5.02 Å². The lowest BCUT2D eigenvalue weighted by atomic mass is 10.1. The number of ether oxygens (including phenoxy) is 1. The van der Waals surface area contributed by atoms with Crippen molar-refractivity contribution in [2.45, 2.75) is 38.8 Å². The molecule has 0 fully saturated rings. The van der Waals surface area contributed by atoms with Crippen LogP contribution >= 0.6 is 11.6 Å². The molecule has 28 heavy (non-hydrogen) atoms. The Morgan fingerprint density at radius 1 is 1.11 bits per heavy atom. The van der Waals surface area contributed by atoms with E-state index in [9.17, 15) is 9.59 Å². The van der Waals surface area contributed by atoms with Crippen molar-refractivity contribution in [3.63, 3.8) is 0 Å². The fraction of sp³-hybridized carbons (Fsp3) is 0.364. The van der Waals surface area contributed by atoms with Gasteiger partial charge in [0.2, 0.25) is 11.8 Å². The molecule has 0 unspecified atom stereocenters. The molecule has 0 aromatic heterocycles. The lowest BCUT2D eigenvalue weighted by Crippen LogP contribution is -2.48. The standard InChI is InChI=1S/C22H27ClN2O3/c1-3-20(22(27)24-2)25(16-17-8-5-4-6-9-17)21(26)10-7-15-28-19-13-11-18(23)12-14-19/h4-6,8-9,11-14,20H,3,7,10,15-16H2,1-2H3,(H,24,27)/t20-/m0/s1. The SMILES string of the molecule is CC[C@@H](C(=O)NC)N(Cc1ccccc1)C(=O)CCCOc1ccc(Cl)cc1. The second-order valence-corrected chi connectivity index (χ2v) is 6.89. The van der Waals surface area contributed by atoms with E-state index >= 15 is 0 Å². The number of likely N-dealkylation sites (N-methyl/N-ethyl adjacent to an activating group) is 1. The minimum Gasteiger partial charge on any atom is -0.494 e. The van der Waals surface area contributed by atoms with Crippen LogP contribution in [0, 0.1) is 0 Å². The molecule has 150 valence electrons. The third kappa shape index (κ3) is 6.57. The topological polar surface area (TPSA) is 58.6 Å². The molecule has 0 aliphatic carbocycles. The van der Waals surface area contributed by atoms with Gasteiger partial charge in [0.25, 0.3) is 0 Å². The van der Waals surface area contributed by atoms with Crippen LogP contribution in [-0.2, 0) is 16.1 Å². The van der Waals surface area contributed by atoms with Gasteiger partial charge in [0.15, 0.2) is 0 Å². The predicted molar refractivity (Wildman–Crippen MR) is 111 cm³/mol.